The summed E-state index contributed by atoms with van der Waals surface area (Å²) in [7, 11) is -5.09. The van der Waals surface area contributed by atoms with E-state index in [1.807, 2.05) is 0 Å². The molecule has 0 spiro atoms. The van der Waals surface area contributed by atoms with Gasteiger partial charge in [0.15, 0.2) is 6.04 Å². The standard InChI is InChI=1S/C18H15N3O9S/c22-16(23)15-11-7-4-8-13(29-17(24)19-10-5-2-1-3-6-10)14(11)12-9-20(15)18(25)21(12)30-31(26,27)28/h1-8,12,15H,9H2,(H,19,24)(H,22,23)(H,26,27,28)/t12-,15?/m1/s1. The first-order chi connectivity index (χ1) is 14.7. The second-order valence-electron chi connectivity index (χ2n) is 6.66. The second kappa shape index (κ2) is 7.54. The van der Waals surface area contributed by atoms with Gasteiger partial charge in [-0.3, -0.25) is 9.87 Å². The third-order valence-corrected chi connectivity index (χ3v) is 5.11. The number of hydrogen-bond donors (Lipinski definition) is 3. The van der Waals surface area contributed by atoms with Crippen LogP contribution in [-0.2, 0) is 19.5 Å². The van der Waals surface area contributed by atoms with Crippen molar-refractivity contribution in [3.8, 4) is 5.75 Å². The molecule has 4 rings (SSSR count). The number of nitrogens with zero attached hydrogens (tertiary/aromatic N) is 2. The molecule has 3 amide bonds. The van der Waals surface area contributed by atoms with Crippen LogP contribution in [0.3, 0.4) is 0 Å². The normalized spacial score (nSPS) is 19.7. The first-order valence-corrected chi connectivity index (χ1v) is 10.2. The number of urea groups is 1. The lowest BCUT2D eigenvalue weighted by Crippen LogP contribution is -2.38. The van der Waals surface area contributed by atoms with E-state index in [0.29, 0.717) is 10.8 Å². The number of hydroxylamine groups is 2. The summed E-state index contributed by atoms with van der Waals surface area (Å²) in [6.07, 6.45) is -0.888. The maximum atomic E-state index is 12.6. The quantitative estimate of drug-likeness (QED) is 0.579. The maximum Gasteiger partial charge on any atom is 0.418 e. The van der Waals surface area contributed by atoms with Crippen molar-refractivity contribution >= 4 is 34.2 Å². The first-order valence-electron chi connectivity index (χ1n) is 8.82. The molecule has 2 aliphatic heterocycles. The number of anilines is 1. The zero-order valence-electron chi connectivity index (χ0n) is 15.5. The van der Waals surface area contributed by atoms with Crippen molar-refractivity contribution in [1.82, 2.24) is 9.96 Å². The van der Waals surface area contributed by atoms with Gasteiger partial charge >= 0.3 is 28.5 Å². The summed E-state index contributed by atoms with van der Waals surface area (Å²) >= 11 is 0. The first kappa shape index (κ1) is 20.6. The molecule has 2 bridgehead atoms. The fourth-order valence-corrected chi connectivity index (χ4v) is 4.02. The summed E-state index contributed by atoms with van der Waals surface area (Å²) in [5.74, 6) is -1.48. The molecule has 1 saturated heterocycles. The van der Waals surface area contributed by atoms with Crippen LogP contribution in [0.5, 0.6) is 5.75 Å². The number of carboxylic acids is 1. The van der Waals surface area contributed by atoms with E-state index in [2.05, 4.69) is 9.60 Å². The molecule has 0 aromatic heterocycles. The van der Waals surface area contributed by atoms with Gasteiger partial charge in [-0.15, -0.1) is 4.28 Å². The highest BCUT2D eigenvalue weighted by molar-refractivity contribution is 7.80. The molecule has 2 aromatic carbocycles. The van der Waals surface area contributed by atoms with E-state index in [4.69, 9.17) is 9.29 Å². The number of para-hydroxylation sites is 1. The van der Waals surface area contributed by atoms with Crippen molar-refractivity contribution in [2.75, 3.05) is 11.9 Å². The molecule has 0 saturated carbocycles. The summed E-state index contributed by atoms with van der Waals surface area (Å²) in [5.41, 5.74) is 0.631. The fourth-order valence-electron chi connectivity index (χ4n) is 3.65. The number of hydrogen-bond acceptors (Lipinski definition) is 7. The number of rotatable bonds is 5. The molecule has 1 unspecified atom stereocenters. The van der Waals surface area contributed by atoms with Crippen LogP contribution in [0.1, 0.15) is 23.2 Å². The summed E-state index contributed by atoms with van der Waals surface area (Å²) < 4.78 is 41.2. The number of fused-ring (bicyclic) bond motifs is 4. The lowest BCUT2D eigenvalue weighted by Gasteiger charge is -2.31. The molecule has 31 heavy (non-hydrogen) atoms. The van der Waals surface area contributed by atoms with Gasteiger partial charge in [0, 0.05) is 11.3 Å². The van der Waals surface area contributed by atoms with Crippen LogP contribution in [0.2, 0.25) is 0 Å². The molecule has 12 nitrogen and oxygen atoms in total. The van der Waals surface area contributed by atoms with Crippen molar-refractivity contribution in [3.05, 3.63) is 59.7 Å². The topological polar surface area (TPSA) is 163 Å². The minimum atomic E-state index is -5.09. The molecule has 162 valence electrons. The van der Waals surface area contributed by atoms with Gasteiger partial charge < -0.3 is 14.7 Å². The van der Waals surface area contributed by atoms with Crippen LogP contribution in [0, 0.1) is 0 Å². The van der Waals surface area contributed by atoms with Crippen molar-refractivity contribution < 1.29 is 41.5 Å². The molecule has 1 fully saturated rings. The zero-order valence-corrected chi connectivity index (χ0v) is 16.4. The fraction of sp³-hybridized carbons (Fsp3) is 0.167. The number of ether oxygens (including phenoxy) is 1. The molecular weight excluding hydrogens is 434 g/mol. The van der Waals surface area contributed by atoms with E-state index in [0.717, 1.165) is 4.90 Å². The third kappa shape index (κ3) is 3.88. The average Bonchev–Trinajstić information content (AvgIpc) is 2.94. The number of aliphatic carboxylic acids is 1. The lowest BCUT2D eigenvalue weighted by atomic mass is 9.90. The van der Waals surface area contributed by atoms with Crippen molar-refractivity contribution in [2.45, 2.75) is 12.1 Å². The van der Waals surface area contributed by atoms with E-state index in [1.165, 1.54) is 18.2 Å². The highest BCUT2D eigenvalue weighted by Crippen LogP contribution is 2.47. The van der Waals surface area contributed by atoms with Crippen LogP contribution in [0.15, 0.2) is 48.5 Å². The van der Waals surface area contributed by atoms with E-state index in [9.17, 15) is 27.9 Å². The van der Waals surface area contributed by atoms with Crippen LogP contribution in [0.25, 0.3) is 0 Å². The number of nitrogens with one attached hydrogen (secondary N) is 1. The smallest absolute Gasteiger partial charge is 0.418 e. The monoisotopic (exact) mass is 449 g/mol. The van der Waals surface area contributed by atoms with Gasteiger partial charge in [0.2, 0.25) is 0 Å². The number of amides is 3. The highest BCUT2D eigenvalue weighted by Gasteiger charge is 2.53. The Bertz CT molecular complexity index is 1170. The number of benzene rings is 2. The number of carbonyl (C=O) groups excluding carboxylic acids is 2. The van der Waals surface area contributed by atoms with Gasteiger partial charge in [-0.2, -0.15) is 13.5 Å². The van der Waals surface area contributed by atoms with Gasteiger partial charge in [-0.25, -0.2) is 14.4 Å². The minimum absolute atomic E-state index is 0.0730. The summed E-state index contributed by atoms with van der Waals surface area (Å²) in [5, 5.41) is 12.5. The van der Waals surface area contributed by atoms with Crippen molar-refractivity contribution in [2.24, 2.45) is 0 Å². The second-order valence-corrected chi connectivity index (χ2v) is 7.66. The Morgan fingerprint density at radius 1 is 1.10 bits per heavy atom. The molecule has 0 aliphatic carbocycles. The van der Waals surface area contributed by atoms with Gasteiger partial charge in [-0.1, -0.05) is 30.3 Å². The average molecular weight is 449 g/mol. The van der Waals surface area contributed by atoms with Crippen molar-refractivity contribution in [1.29, 1.82) is 0 Å². The summed E-state index contributed by atoms with van der Waals surface area (Å²) in [6, 6.07) is 8.90. The van der Waals surface area contributed by atoms with Gasteiger partial charge in [0.1, 0.15) is 11.8 Å². The molecule has 2 aromatic rings. The van der Waals surface area contributed by atoms with E-state index in [1.54, 1.807) is 30.3 Å². The lowest BCUT2D eigenvalue weighted by molar-refractivity contribution is -0.142. The predicted octanol–water partition coefficient (Wildman–Crippen LogP) is 1.95. The van der Waals surface area contributed by atoms with Crippen LogP contribution in [-0.4, -0.2) is 52.7 Å². The molecule has 13 heteroatoms. The van der Waals surface area contributed by atoms with Crippen LogP contribution < -0.4 is 10.1 Å². The number of carbonyl (C=O) groups is 3. The van der Waals surface area contributed by atoms with Gasteiger partial charge in [0.25, 0.3) is 0 Å². The Morgan fingerprint density at radius 3 is 2.45 bits per heavy atom. The zero-order chi connectivity index (χ0) is 22.3. The largest absolute Gasteiger partial charge is 0.479 e. The van der Waals surface area contributed by atoms with Gasteiger partial charge in [0.05, 0.1) is 6.54 Å². The molecular formula is C18H15N3O9S. The van der Waals surface area contributed by atoms with Gasteiger partial charge in [-0.05, 0) is 23.8 Å². The van der Waals surface area contributed by atoms with E-state index >= 15 is 0 Å². The molecule has 0 radical (unpaired) electrons. The SMILES string of the molecule is O=C(Nc1ccccc1)Oc1cccc2c1[C@H]1CN(C(=O)N1OS(=O)(=O)O)C2C(=O)O. The summed E-state index contributed by atoms with van der Waals surface area (Å²) in [6.45, 7) is -0.265. The Hall–Kier alpha value is -3.68. The minimum Gasteiger partial charge on any atom is -0.479 e. The summed E-state index contributed by atoms with van der Waals surface area (Å²) in [4.78, 5) is 37.7. The molecule has 3 N–H and O–H groups in total. The van der Waals surface area contributed by atoms with Crippen LogP contribution in [0.4, 0.5) is 15.3 Å². The molecule has 2 aliphatic rings. The predicted molar refractivity (Wildman–Crippen MR) is 102 cm³/mol. The Labute approximate surface area is 175 Å². The number of carboxylic acid groups (broad SMARTS) is 1. The third-order valence-electron chi connectivity index (χ3n) is 4.76. The maximum absolute atomic E-state index is 12.6. The molecule has 2 heterocycles. The van der Waals surface area contributed by atoms with E-state index < -0.39 is 40.6 Å². The Balaban J connectivity index is 1.73. The Kier molecular flexibility index (Phi) is 5.00. The molecule has 2 atom stereocenters. The van der Waals surface area contributed by atoms with E-state index in [-0.39, 0.29) is 23.4 Å². The highest BCUT2D eigenvalue weighted by atomic mass is 32.3. The van der Waals surface area contributed by atoms with Crippen molar-refractivity contribution in [3.63, 3.8) is 0 Å². The van der Waals surface area contributed by atoms with Crippen LogP contribution >= 0.6 is 0 Å². The Morgan fingerprint density at radius 2 is 1.81 bits per heavy atom.